The molecular formula is C24H38F2N2S. The summed E-state index contributed by atoms with van der Waals surface area (Å²) < 4.78 is 27.0. The van der Waals surface area contributed by atoms with E-state index in [0.29, 0.717) is 24.8 Å². The normalized spacial score (nSPS) is 31.2. The van der Waals surface area contributed by atoms with Crippen LogP contribution in [0.4, 0.5) is 8.78 Å². The van der Waals surface area contributed by atoms with Crippen LogP contribution in [0, 0.1) is 11.8 Å². The molecule has 2 saturated heterocycles. The number of fused-ring (bicyclic) bond motifs is 2. The zero-order valence-corrected chi connectivity index (χ0v) is 19.0. The van der Waals surface area contributed by atoms with Gasteiger partial charge in [-0.15, -0.1) is 11.3 Å². The summed E-state index contributed by atoms with van der Waals surface area (Å²) in [6.07, 6.45) is 9.16. The van der Waals surface area contributed by atoms with Gasteiger partial charge in [-0.3, -0.25) is 4.90 Å². The summed E-state index contributed by atoms with van der Waals surface area (Å²) in [7, 11) is 0. The SMILES string of the molecule is CCc1ccc([C@H](CCN2C3CCC2CC(C)C3)NCC2CCC(F)(F)CC2)s1. The number of thiophene rings is 1. The number of aryl methyl sites for hydroxylation is 1. The largest absolute Gasteiger partial charge is 0.309 e. The van der Waals surface area contributed by atoms with Gasteiger partial charge in [-0.1, -0.05) is 13.8 Å². The summed E-state index contributed by atoms with van der Waals surface area (Å²) >= 11 is 1.93. The number of alkyl halides is 2. The fourth-order valence-electron chi connectivity index (χ4n) is 5.92. The van der Waals surface area contributed by atoms with E-state index in [0.717, 1.165) is 37.4 Å². The average molecular weight is 425 g/mol. The number of nitrogens with one attached hydrogen (secondary N) is 1. The van der Waals surface area contributed by atoms with Crippen LogP contribution in [0.1, 0.15) is 87.4 Å². The Morgan fingerprint density at radius 2 is 1.83 bits per heavy atom. The molecule has 29 heavy (non-hydrogen) atoms. The van der Waals surface area contributed by atoms with E-state index in [1.54, 1.807) is 0 Å². The highest BCUT2D eigenvalue weighted by atomic mass is 32.1. The predicted molar refractivity (Wildman–Crippen MR) is 118 cm³/mol. The number of hydrogen-bond donors (Lipinski definition) is 1. The van der Waals surface area contributed by atoms with Crippen molar-refractivity contribution in [2.24, 2.45) is 11.8 Å². The van der Waals surface area contributed by atoms with Gasteiger partial charge in [-0.2, -0.15) is 0 Å². The van der Waals surface area contributed by atoms with Gasteiger partial charge >= 0.3 is 0 Å². The molecular weight excluding hydrogens is 386 g/mol. The molecule has 5 heteroatoms. The van der Waals surface area contributed by atoms with Crippen LogP contribution < -0.4 is 5.32 Å². The number of halogens is 2. The van der Waals surface area contributed by atoms with Crippen molar-refractivity contribution < 1.29 is 8.78 Å². The maximum Gasteiger partial charge on any atom is 0.248 e. The van der Waals surface area contributed by atoms with Gasteiger partial charge in [0, 0.05) is 47.3 Å². The number of piperidine rings is 1. The van der Waals surface area contributed by atoms with Crippen molar-refractivity contribution >= 4 is 11.3 Å². The molecule has 1 aromatic heterocycles. The molecule has 1 N–H and O–H groups in total. The first-order valence-electron chi connectivity index (χ1n) is 11.9. The summed E-state index contributed by atoms with van der Waals surface area (Å²) in [6.45, 7) is 6.68. The number of hydrogen-bond acceptors (Lipinski definition) is 3. The Hall–Kier alpha value is -0.520. The van der Waals surface area contributed by atoms with Crippen LogP contribution >= 0.6 is 11.3 Å². The molecule has 164 valence electrons. The van der Waals surface area contributed by atoms with E-state index < -0.39 is 5.92 Å². The standard InChI is InChI=1S/C24H38F2N2S/c1-3-21-6-7-23(29-21)22(27-16-18-8-11-24(25,26)12-9-18)10-13-28-19-4-5-20(28)15-17(2)14-19/h6-7,17-20,22,27H,3-5,8-16H2,1-2H3/t17?,19?,20?,22-/m0/s1. The molecule has 3 heterocycles. The van der Waals surface area contributed by atoms with Gasteiger partial charge in [-0.05, 0) is 81.9 Å². The van der Waals surface area contributed by atoms with Gasteiger partial charge in [0.25, 0.3) is 0 Å². The van der Waals surface area contributed by atoms with Crippen molar-refractivity contribution in [1.29, 1.82) is 0 Å². The van der Waals surface area contributed by atoms with Crippen LogP contribution in [0.2, 0.25) is 0 Å². The predicted octanol–water partition coefficient (Wildman–Crippen LogP) is 6.42. The molecule has 0 aromatic carbocycles. The third-order valence-corrected chi connectivity index (χ3v) is 9.00. The smallest absolute Gasteiger partial charge is 0.248 e. The topological polar surface area (TPSA) is 15.3 Å². The van der Waals surface area contributed by atoms with E-state index in [1.165, 1.54) is 42.0 Å². The summed E-state index contributed by atoms with van der Waals surface area (Å²) in [4.78, 5) is 5.67. The molecule has 0 spiro atoms. The molecule has 1 saturated carbocycles. The van der Waals surface area contributed by atoms with E-state index in [-0.39, 0.29) is 12.8 Å². The average Bonchev–Trinajstić information content (AvgIpc) is 3.26. The second-order valence-electron chi connectivity index (χ2n) is 9.91. The zero-order valence-electron chi connectivity index (χ0n) is 18.1. The minimum absolute atomic E-state index is 0.0678. The van der Waals surface area contributed by atoms with Crippen LogP contribution in [0.5, 0.6) is 0 Å². The molecule has 2 unspecified atom stereocenters. The molecule has 0 radical (unpaired) electrons. The molecule has 2 aliphatic heterocycles. The molecule has 0 amide bonds. The lowest BCUT2D eigenvalue weighted by molar-refractivity contribution is -0.0457. The maximum absolute atomic E-state index is 13.5. The van der Waals surface area contributed by atoms with Crippen LogP contribution in [0.3, 0.4) is 0 Å². The van der Waals surface area contributed by atoms with Crippen LogP contribution in [0.15, 0.2) is 12.1 Å². The maximum atomic E-state index is 13.5. The van der Waals surface area contributed by atoms with Crippen LogP contribution in [-0.4, -0.2) is 36.0 Å². The minimum atomic E-state index is -2.43. The molecule has 3 aliphatic rings. The van der Waals surface area contributed by atoms with Crippen molar-refractivity contribution in [3.8, 4) is 0 Å². The van der Waals surface area contributed by atoms with E-state index in [9.17, 15) is 8.78 Å². The van der Waals surface area contributed by atoms with E-state index in [2.05, 4.69) is 36.2 Å². The van der Waals surface area contributed by atoms with Gasteiger partial charge in [0.15, 0.2) is 0 Å². The Bertz CT molecular complexity index is 637. The van der Waals surface area contributed by atoms with Crippen molar-refractivity contribution in [3.63, 3.8) is 0 Å². The van der Waals surface area contributed by atoms with Gasteiger partial charge in [-0.25, -0.2) is 8.78 Å². The summed E-state index contributed by atoms with van der Waals surface area (Å²) in [5.41, 5.74) is 0. The van der Waals surface area contributed by atoms with Crippen LogP contribution in [0.25, 0.3) is 0 Å². The van der Waals surface area contributed by atoms with Gasteiger partial charge in [0.2, 0.25) is 5.92 Å². The highest BCUT2D eigenvalue weighted by Crippen LogP contribution is 2.40. The quantitative estimate of drug-likeness (QED) is 0.518. The Labute approximate surface area is 179 Å². The van der Waals surface area contributed by atoms with Crippen molar-refractivity contribution in [2.75, 3.05) is 13.1 Å². The van der Waals surface area contributed by atoms with Gasteiger partial charge in [0.1, 0.15) is 0 Å². The van der Waals surface area contributed by atoms with Crippen molar-refractivity contribution in [1.82, 2.24) is 10.2 Å². The van der Waals surface area contributed by atoms with E-state index in [1.807, 2.05) is 11.3 Å². The first-order valence-corrected chi connectivity index (χ1v) is 12.7. The molecule has 1 aliphatic carbocycles. The Kier molecular flexibility index (Phi) is 6.97. The Morgan fingerprint density at radius 3 is 2.45 bits per heavy atom. The third kappa shape index (κ3) is 5.40. The van der Waals surface area contributed by atoms with Crippen molar-refractivity contribution in [3.05, 3.63) is 21.9 Å². The minimum Gasteiger partial charge on any atom is -0.309 e. The highest BCUT2D eigenvalue weighted by molar-refractivity contribution is 7.12. The second kappa shape index (κ2) is 9.32. The molecule has 2 bridgehead atoms. The summed E-state index contributed by atoms with van der Waals surface area (Å²) in [6, 6.07) is 6.51. The summed E-state index contributed by atoms with van der Waals surface area (Å²) in [5.74, 6) is -1.15. The zero-order chi connectivity index (χ0) is 20.4. The first-order chi connectivity index (χ1) is 13.9. The molecule has 2 nitrogen and oxygen atoms in total. The van der Waals surface area contributed by atoms with Gasteiger partial charge in [0.05, 0.1) is 0 Å². The first kappa shape index (κ1) is 21.7. The van der Waals surface area contributed by atoms with Crippen LogP contribution in [-0.2, 0) is 6.42 Å². The van der Waals surface area contributed by atoms with E-state index >= 15 is 0 Å². The fourth-order valence-corrected chi connectivity index (χ4v) is 6.98. The lowest BCUT2D eigenvalue weighted by Gasteiger charge is -2.38. The van der Waals surface area contributed by atoms with E-state index in [4.69, 9.17) is 0 Å². The lowest BCUT2D eigenvalue weighted by Crippen LogP contribution is -2.43. The fraction of sp³-hybridized carbons (Fsp3) is 0.833. The van der Waals surface area contributed by atoms with Crippen molar-refractivity contribution in [2.45, 2.75) is 102 Å². The Balaban J connectivity index is 1.35. The molecule has 4 rings (SSSR count). The Morgan fingerprint density at radius 1 is 1.14 bits per heavy atom. The lowest BCUT2D eigenvalue weighted by atomic mass is 9.86. The number of rotatable bonds is 8. The number of nitrogens with zero attached hydrogens (tertiary/aromatic N) is 1. The molecule has 3 atom stereocenters. The molecule has 3 fully saturated rings. The highest BCUT2D eigenvalue weighted by Gasteiger charge is 2.39. The molecule has 1 aromatic rings. The second-order valence-corrected chi connectivity index (χ2v) is 11.1. The van der Waals surface area contributed by atoms with Gasteiger partial charge < -0.3 is 5.32 Å². The third-order valence-electron chi connectivity index (χ3n) is 7.66. The monoisotopic (exact) mass is 424 g/mol. The summed E-state index contributed by atoms with van der Waals surface area (Å²) in [5, 5.41) is 3.81.